The second kappa shape index (κ2) is 5.31. The van der Waals surface area contributed by atoms with E-state index < -0.39 is 5.97 Å². The Kier molecular flexibility index (Phi) is 3.78. The van der Waals surface area contributed by atoms with Crippen LogP contribution in [0.2, 0.25) is 0 Å². The Hall–Kier alpha value is -1.36. The van der Waals surface area contributed by atoms with Crippen LogP contribution in [0.3, 0.4) is 0 Å². The predicted octanol–water partition coefficient (Wildman–Crippen LogP) is 1.07. The highest BCUT2D eigenvalue weighted by Gasteiger charge is 2.20. The van der Waals surface area contributed by atoms with Gasteiger partial charge in [0.05, 0.1) is 12.0 Å². The van der Waals surface area contributed by atoms with Gasteiger partial charge in [0.25, 0.3) is 0 Å². The van der Waals surface area contributed by atoms with Gasteiger partial charge in [-0.05, 0) is 25.5 Å². The molecule has 17 heavy (non-hydrogen) atoms. The van der Waals surface area contributed by atoms with Crippen molar-refractivity contribution in [2.24, 2.45) is 5.92 Å². The Bertz CT molecular complexity index is 383. The van der Waals surface area contributed by atoms with Crippen LogP contribution in [0.15, 0.2) is 12.3 Å². The molecule has 94 valence electrons. The topological polar surface area (TPSA) is 67.2 Å². The molecule has 1 aromatic rings. The van der Waals surface area contributed by atoms with Crippen molar-refractivity contribution in [1.82, 2.24) is 15.1 Å². The van der Waals surface area contributed by atoms with Gasteiger partial charge in [-0.25, -0.2) is 0 Å². The van der Waals surface area contributed by atoms with Gasteiger partial charge in [-0.3, -0.25) is 9.48 Å². The van der Waals surface area contributed by atoms with Gasteiger partial charge in [0.2, 0.25) is 0 Å². The first-order valence-electron chi connectivity index (χ1n) is 6.14. The first-order chi connectivity index (χ1) is 8.18. The van der Waals surface area contributed by atoms with Crippen molar-refractivity contribution in [3.63, 3.8) is 0 Å². The molecule has 0 aliphatic carbocycles. The fourth-order valence-corrected chi connectivity index (χ4v) is 2.28. The van der Waals surface area contributed by atoms with Gasteiger partial charge in [0, 0.05) is 24.9 Å². The van der Waals surface area contributed by atoms with Crippen molar-refractivity contribution in [3.8, 4) is 0 Å². The number of nitrogens with zero attached hydrogens (tertiary/aromatic N) is 2. The number of nitrogens with one attached hydrogen (secondary N) is 1. The number of carboxylic acid groups (broad SMARTS) is 1. The van der Waals surface area contributed by atoms with Gasteiger partial charge < -0.3 is 10.4 Å². The van der Waals surface area contributed by atoms with Crippen molar-refractivity contribution in [2.75, 3.05) is 13.1 Å². The van der Waals surface area contributed by atoms with Gasteiger partial charge in [0.15, 0.2) is 0 Å². The highest BCUT2D eigenvalue weighted by Crippen LogP contribution is 2.19. The van der Waals surface area contributed by atoms with Crippen LogP contribution in [0.4, 0.5) is 0 Å². The molecule has 0 bridgehead atoms. The second-order valence-electron chi connectivity index (χ2n) is 4.71. The molecule has 1 saturated heterocycles. The largest absolute Gasteiger partial charge is 0.481 e. The minimum atomic E-state index is -0.750. The Morgan fingerprint density at radius 1 is 1.76 bits per heavy atom. The van der Waals surface area contributed by atoms with Crippen LogP contribution in [0.25, 0.3) is 0 Å². The highest BCUT2D eigenvalue weighted by atomic mass is 16.4. The second-order valence-corrected chi connectivity index (χ2v) is 4.71. The van der Waals surface area contributed by atoms with Crippen molar-refractivity contribution in [3.05, 3.63) is 18.0 Å². The van der Waals surface area contributed by atoms with Gasteiger partial charge in [0.1, 0.15) is 0 Å². The highest BCUT2D eigenvalue weighted by molar-refractivity contribution is 5.69. The van der Waals surface area contributed by atoms with Crippen molar-refractivity contribution >= 4 is 5.97 Å². The molecule has 5 nitrogen and oxygen atoms in total. The lowest BCUT2D eigenvalue weighted by atomic mass is 10.0. The molecule has 0 saturated carbocycles. The Balaban J connectivity index is 2.07. The van der Waals surface area contributed by atoms with Crippen LogP contribution in [0.1, 0.15) is 31.5 Å². The number of aromatic nitrogens is 2. The number of carbonyl (C=O) groups is 1. The molecule has 1 aromatic heterocycles. The molecule has 1 aliphatic rings. The van der Waals surface area contributed by atoms with Gasteiger partial charge in [-0.1, -0.05) is 6.92 Å². The lowest BCUT2D eigenvalue weighted by Gasteiger charge is -2.25. The summed E-state index contributed by atoms with van der Waals surface area (Å²) in [5, 5.41) is 16.6. The van der Waals surface area contributed by atoms with Gasteiger partial charge in [-0.15, -0.1) is 0 Å². The van der Waals surface area contributed by atoms with E-state index in [-0.39, 0.29) is 5.92 Å². The standard InChI is InChI=1S/C12H19N3O2/c1-9(12(16)17)7-10-4-6-14-15(10)11-3-2-5-13-8-11/h4,6,9,11,13H,2-3,5,7-8H2,1H3,(H,16,17). The zero-order chi connectivity index (χ0) is 12.3. The third-order valence-corrected chi connectivity index (χ3v) is 3.31. The zero-order valence-corrected chi connectivity index (χ0v) is 10.1. The smallest absolute Gasteiger partial charge is 0.306 e. The summed E-state index contributed by atoms with van der Waals surface area (Å²) in [6.07, 6.45) is 4.58. The maximum Gasteiger partial charge on any atom is 0.306 e. The Morgan fingerprint density at radius 2 is 2.59 bits per heavy atom. The van der Waals surface area contributed by atoms with E-state index in [4.69, 9.17) is 5.11 Å². The molecule has 5 heteroatoms. The molecule has 2 heterocycles. The van der Waals surface area contributed by atoms with Crippen molar-refractivity contribution in [2.45, 2.75) is 32.2 Å². The first kappa shape index (κ1) is 12.1. The summed E-state index contributed by atoms with van der Waals surface area (Å²) in [4.78, 5) is 10.9. The number of piperidine rings is 1. The van der Waals surface area contributed by atoms with Crippen LogP contribution < -0.4 is 5.32 Å². The fourth-order valence-electron chi connectivity index (χ4n) is 2.28. The van der Waals surface area contributed by atoms with Crippen LogP contribution in [-0.4, -0.2) is 33.9 Å². The summed E-state index contributed by atoms with van der Waals surface area (Å²) in [5.74, 6) is -1.11. The van der Waals surface area contributed by atoms with E-state index in [9.17, 15) is 4.79 Å². The summed E-state index contributed by atoms with van der Waals surface area (Å²) >= 11 is 0. The van der Waals surface area contributed by atoms with E-state index in [1.165, 1.54) is 0 Å². The number of hydrogen-bond donors (Lipinski definition) is 2. The molecule has 2 atom stereocenters. The van der Waals surface area contributed by atoms with Crippen LogP contribution in [-0.2, 0) is 11.2 Å². The molecular weight excluding hydrogens is 218 g/mol. The first-order valence-corrected chi connectivity index (χ1v) is 6.14. The minimum Gasteiger partial charge on any atom is -0.481 e. The summed E-state index contributed by atoms with van der Waals surface area (Å²) < 4.78 is 1.99. The summed E-state index contributed by atoms with van der Waals surface area (Å²) in [6, 6.07) is 2.29. The minimum absolute atomic E-state index is 0.359. The summed E-state index contributed by atoms with van der Waals surface area (Å²) in [6.45, 7) is 3.73. The zero-order valence-electron chi connectivity index (χ0n) is 10.1. The van der Waals surface area contributed by atoms with Gasteiger partial charge in [-0.2, -0.15) is 5.10 Å². The number of rotatable bonds is 4. The van der Waals surface area contributed by atoms with Crippen LogP contribution in [0.5, 0.6) is 0 Å². The van der Waals surface area contributed by atoms with Crippen LogP contribution in [0, 0.1) is 5.92 Å². The average molecular weight is 237 g/mol. The molecular formula is C12H19N3O2. The summed E-state index contributed by atoms with van der Waals surface area (Å²) in [7, 11) is 0. The number of carboxylic acids is 1. The Morgan fingerprint density at radius 3 is 3.24 bits per heavy atom. The normalized spacial score (nSPS) is 22.3. The van der Waals surface area contributed by atoms with Crippen molar-refractivity contribution in [1.29, 1.82) is 0 Å². The lowest BCUT2D eigenvalue weighted by molar-refractivity contribution is -0.141. The number of aliphatic carboxylic acids is 1. The molecule has 0 spiro atoms. The van der Waals surface area contributed by atoms with E-state index in [0.717, 1.165) is 31.6 Å². The molecule has 0 radical (unpaired) electrons. The van der Waals surface area contributed by atoms with Crippen molar-refractivity contribution < 1.29 is 9.90 Å². The van der Waals surface area contributed by atoms with E-state index in [1.807, 2.05) is 10.7 Å². The van der Waals surface area contributed by atoms with E-state index >= 15 is 0 Å². The predicted molar refractivity (Wildman–Crippen MR) is 63.9 cm³/mol. The SMILES string of the molecule is CC(Cc1ccnn1C1CCCNC1)C(=O)O. The molecule has 0 aromatic carbocycles. The third-order valence-electron chi connectivity index (χ3n) is 3.31. The molecule has 1 aliphatic heterocycles. The monoisotopic (exact) mass is 237 g/mol. The molecule has 2 unspecified atom stereocenters. The third kappa shape index (κ3) is 2.85. The molecule has 0 amide bonds. The molecule has 2 N–H and O–H groups in total. The quantitative estimate of drug-likeness (QED) is 0.822. The maximum absolute atomic E-state index is 10.9. The van der Waals surface area contributed by atoms with E-state index in [2.05, 4.69) is 10.4 Å². The van der Waals surface area contributed by atoms with E-state index in [1.54, 1.807) is 13.1 Å². The van der Waals surface area contributed by atoms with E-state index in [0.29, 0.717) is 12.5 Å². The maximum atomic E-state index is 10.9. The lowest BCUT2D eigenvalue weighted by Crippen LogP contribution is -2.33. The summed E-state index contributed by atoms with van der Waals surface area (Å²) in [5.41, 5.74) is 1.02. The molecule has 2 rings (SSSR count). The average Bonchev–Trinajstić information content (AvgIpc) is 2.78. The van der Waals surface area contributed by atoms with Crippen LogP contribution >= 0.6 is 0 Å². The molecule has 1 fully saturated rings. The Labute approximate surface area is 101 Å². The van der Waals surface area contributed by atoms with Gasteiger partial charge >= 0.3 is 5.97 Å². The number of hydrogen-bond acceptors (Lipinski definition) is 3. The fraction of sp³-hybridized carbons (Fsp3) is 0.667.